The number of nitrogens with one attached hydrogen (secondary N) is 3. The minimum absolute atomic E-state index is 0.0161. The Labute approximate surface area is 252 Å². The van der Waals surface area contributed by atoms with Crippen molar-refractivity contribution in [3.63, 3.8) is 0 Å². The van der Waals surface area contributed by atoms with Gasteiger partial charge in [-0.3, -0.25) is 4.79 Å². The summed E-state index contributed by atoms with van der Waals surface area (Å²) in [4.78, 5) is 39.2. The zero-order valence-corrected chi connectivity index (χ0v) is 26.8. The van der Waals surface area contributed by atoms with Gasteiger partial charge in [0.2, 0.25) is 5.91 Å². The maximum absolute atomic E-state index is 13.7. The minimum atomic E-state index is -2.10. The molecule has 0 spiro atoms. The van der Waals surface area contributed by atoms with Gasteiger partial charge in [-0.15, -0.1) is 11.3 Å². The summed E-state index contributed by atoms with van der Waals surface area (Å²) in [6.45, 7) is 11.1. The maximum atomic E-state index is 13.7. The third-order valence-corrected chi connectivity index (χ3v) is 13.3. The van der Waals surface area contributed by atoms with Crippen molar-refractivity contribution in [2.45, 2.75) is 63.4 Å². The van der Waals surface area contributed by atoms with E-state index in [0.717, 1.165) is 20.9 Å². The summed E-state index contributed by atoms with van der Waals surface area (Å²) in [5, 5.41) is 17.7. The van der Waals surface area contributed by atoms with E-state index < -0.39 is 38.5 Å². The van der Waals surface area contributed by atoms with E-state index in [1.54, 1.807) is 0 Å². The van der Waals surface area contributed by atoms with Crippen LogP contribution in [0, 0.1) is 0 Å². The zero-order chi connectivity index (χ0) is 30.9. The molecule has 226 valence electrons. The first-order valence-corrected chi connectivity index (χ1v) is 17.5. The summed E-state index contributed by atoms with van der Waals surface area (Å²) in [6.07, 6.45) is -1.85. The lowest BCUT2D eigenvalue weighted by Crippen LogP contribution is -2.50. The van der Waals surface area contributed by atoms with Crippen molar-refractivity contribution in [2.75, 3.05) is 13.7 Å². The van der Waals surface area contributed by atoms with Crippen molar-refractivity contribution < 1.29 is 28.7 Å². The number of carbonyl (C=O) groups excluding carboxylic acids is 2. The van der Waals surface area contributed by atoms with E-state index in [-0.39, 0.29) is 24.1 Å². The number of amides is 3. The molecule has 9 nitrogen and oxygen atoms in total. The molecule has 0 unspecified atom stereocenters. The molecular formula is C31H41N3O6SSi. The lowest BCUT2D eigenvalue weighted by atomic mass is 9.84. The first-order chi connectivity index (χ1) is 19.8. The second-order valence-electron chi connectivity index (χ2n) is 11.5. The van der Waals surface area contributed by atoms with Gasteiger partial charge in [0, 0.05) is 15.7 Å². The first kappa shape index (κ1) is 32.8. The van der Waals surface area contributed by atoms with Gasteiger partial charge in [-0.05, 0) is 41.4 Å². The zero-order valence-electron chi connectivity index (χ0n) is 25.0. The fourth-order valence-electron chi connectivity index (χ4n) is 4.20. The predicted octanol–water partition coefficient (Wildman–Crippen LogP) is 6.25. The van der Waals surface area contributed by atoms with Crippen molar-refractivity contribution in [1.29, 1.82) is 0 Å². The molecule has 42 heavy (non-hydrogen) atoms. The van der Waals surface area contributed by atoms with E-state index >= 15 is 0 Å². The Kier molecular flexibility index (Phi) is 11.3. The monoisotopic (exact) mass is 611 g/mol. The molecule has 0 aliphatic rings. The molecule has 11 heteroatoms. The van der Waals surface area contributed by atoms with E-state index in [9.17, 15) is 19.5 Å². The van der Waals surface area contributed by atoms with Crippen molar-refractivity contribution in [3.8, 4) is 0 Å². The molecule has 0 aliphatic carbocycles. The van der Waals surface area contributed by atoms with Crippen LogP contribution in [-0.2, 0) is 20.5 Å². The molecule has 3 amide bonds. The second kappa shape index (κ2) is 14.5. The van der Waals surface area contributed by atoms with Crippen LogP contribution in [0.1, 0.15) is 53.6 Å². The molecule has 2 aromatic carbocycles. The fraction of sp³-hybridized carbons (Fsp3) is 0.387. The molecule has 0 saturated carbocycles. The average Bonchev–Trinajstić information content (AvgIpc) is 3.43. The summed E-state index contributed by atoms with van der Waals surface area (Å²) in [5.41, 5.74) is 1.73. The molecule has 0 radical (unpaired) electrons. The van der Waals surface area contributed by atoms with Gasteiger partial charge in [0.15, 0.2) is 8.32 Å². The second-order valence-corrected chi connectivity index (χ2v) is 17.5. The number of hydrogen-bond donors (Lipinski definition) is 4. The summed E-state index contributed by atoms with van der Waals surface area (Å²) in [5.74, 6) is -0.850. The molecule has 0 saturated heterocycles. The number of carbonyl (C=O) groups is 3. The summed E-state index contributed by atoms with van der Waals surface area (Å²) >= 11 is 1.40. The van der Waals surface area contributed by atoms with Crippen LogP contribution < -0.4 is 16.0 Å². The Morgan fingerprint density at radius 2 is 1.48 bits per heavy atom. The van der Waals surface area contributed by atoms with E-state index in [2.05, 4.69) is 49.8 Å². The van der Waals surface area contributed by atoms with Crippen LogP contribution in [0.4, 0.5) is 9.59 Å². The number of ether oxygens (including phenoxy) is 1. The van der Waals surface area contributed by atoms with Crippen LogP contribution in [0.2, 0.25) is 18.1 Å². The molecule has 1 aromatic heterocycles. The van der Waals surface area contributed by atoms with Gasteiger partial charge in [-0.1, -0.05) is 81.4 Å². The van der Waals surface area contributed by atoms with Gasteiger partial charge in [0.25, 0.3) is 0 Å². The molecule has 0 bridgehead atoms. The molecular weight excluding hydrogens is 571 g/mol. The number of benzene rings is 2. The topological polar surface area (TPSA) is 126 Å². The number of hydrogen-bond acceptors (Lipinski definition) is 6. The molecule has 1 heterocycles. The van der Waals surface area contributed by atoms with Crippen molar-refractivity contribution in [2.24, 2.45) is 0 Å². The van der Waals surface area contributed by atoms with Gasteiger partial charge in [-0.2, -0.15) is 0 Å². The Morgan fingerprint density at radius 1 is 0.905 bits per heavy atom. The molecule has 3 rings (SSSR count). The lowest BCUT2D eigenvalue weighted by molar-refractivity contribution is -0.123. The third kappa shape index (κ3) is 8.91. The Bertz CT molecular complexity index is 1290. The van der Waals surface area contributed by atoms with Crippen LogP contribution in [0.25, 0.3) is 0 Å². The summed E-state index contributed by atoms with van der Waals surface area (Å²) < 4.78 is 11.2. The quantitative estimate of drug-likeness (QED) is 0.179. The molecule has 4 N–H and O–H groups in total. The minimum Gasteiger partial charge on any atom is -0.465 e. The highest BCUT2D eigenvalue weighted by Crippen LogP contribution is 2.37. The number of carboxylic acid groups (broad SMARTS) is 1. The first-order valence-electron chi connectivity index (χ1n) is 13.8. The van der Waals surface area contributed by atoms with Gasteiger partial charge >= 0.3 is 12.2 Å². The van der Waals surface area contributed by atoms with Gasteiger partial charge in [0.1, 0.15) is 6.04 Å². The van der Waals surface area contributed by atoms with Gasteiger partial charge in [-0.25, -0.2) is 9.59 Å². The van der Waals surface area contributed by atoms with Crippen LogP contribution in [-0.4, -0.2) is 51.3 Å². The molecule has 3 aromatic rings. The Balaban J connectivity index is 1.80. The molecule has 0 aliphatic heterocycles. The van der Waals surface area contributed by atoms with Crippen LogP contribution in [0.5, 0.6) is 0 Å². The van der Waals surface area contributed by atoms with E-state index in [1.165, 1.54) is 18.4 Å². The number of methoxy groups -OCH3 is 1. The van der Waals surface area contributed by atoms with Crippen molar-refractivity contribution in [1.82, 2.24) is 16.0 Å². The fourth-order valence-corrected chi connectivity index (χ4v) is 6.20. The molecule has 2 atom stereocenters. The smallest absolute Gasteiger partial charge is 0.407 e. The highest BCUT2D eigenvalue weighted by atomic mass is 32.1. The number of thiophene rings is 1. The molecule has 0 fully saturated rings. The standard InChI is InChI=1S/C31H41N3O6SSi/c1-31(2,3)42(5,6)40-20-24(33-29(36)37)25-18-17-23(41-25)19-32-28(35)27(34-30(38)39-4)26(21-13-9-7-10-14-21)22-15-11-8-12-16-22/h7-18,24,26-27,33H,19-20H2,1-6H3,(H,32,35)(H,34,38)(H,36,37)/t24-,27+/m1/s1. The predicted molar refractivity (Wildman–Crippen MR) is 167 cm³/mol. The highest BCUT2D eigenvalue weighted by molar-refractivity contribution is 7.12. The van der Waals surface area contributed by atoms with Crippen molar-refractivity contribution in [3.05, 3.63) is 93.7 Å². The van der Waals surface area contributed by atoms with Gasteiger partial charge < -0.3 is 30.2 Å². The van der Waals surface area contributed by atoms with Crippen molar-refractivity contribution >= 4 is 37.7 Å². The SMILES string of the molecule is COC(=O)N[C@H](C(=O)NCc1ccc([C@@H](CO[Si](C)(C)C(C)(C)C)NC(=O)O)s1)C(c1ccccc1)c1ccccc1. The van der Waals surface area contributed by atoms with Crippen LogP contribution >= 0.6 is 11.3 Å². The lowest BCUT2D eigenvalue weighted by Gasteiger charge is -2.37. The normalized spacial score (nSPS) is 13.2. The number of alkyl carbamates (subject to hydrolysis) is 1. The van der Waals surface area contributed by atoms with E-state index in [1.807, 2.05) is 72.8 Å². The van der Waals surface area contributed by atoms with E-state index in [4.69, 9.17) is 9.16 Å². The summed E-state index contributed by atoms with van der Waals surface area (Å²) in [7, 11) is -0.843. The average molecular weight is 612 g/mol. The van der Waals surface area contributed by atoms with E-state index in [0.29, 0.717) is 0 Å². The number of rotatable bonds is 12. The Morgan fingerprint density at radius 3 is 1.98 bits per heavy atom. The van der Waals surface area contributed by atoms with Crippen LogP contribution in [0.15, 0.2) is 72.8 Å². The van der Waals surface area contributed by atoms with Crippen LogP contribution in [0.3, 0.4) is 0 Å². The third-order valence-electron chi connectivity index (χ3n) is 7.57. The highest BCUT2D eigenvalue weighted by Gasteiger charge is 2.38. The largest absolute Gasteiger partial charge is 0.465 e. The maximum Gasteiger partial charge on any atom is 0.407 e. The summed E-state index contributed by atoms with van der Waals surface area (Å²) in [6, 6.07) is 21.2. The Hall–Kier alpha value is -3.67. The van der Waals surface area contributed by atoms with Gasteiger partial charge in [0.05, 0.1) is 26.3 Å².